The number of benzene rings is 1. The van der Waals surface area contributed by atoms with Crippen LogP contribution in [0.25, 0.3) is 0 Å². The quantitative estimate of drug-likeness (QED) is 0.679. The van der Waals surface area contributed by atoms with E-state index in [1.165, 1.54) is 29.2 Å². The zero-order chi connectivity index (χ0) is 14.0. The van der Waals surface area contributed by atoms with Gasteiger partial charge in [-0.1, -0.05) is 29.5 Å². The molecule has 0 amide bonds. The Labute approximate surface area is 119 Å². The van der Waals surface area contributed by atoms with Gasteiger partial charge in [-0.3, -0.25) is 10.1 Å². The third-order valence-electron chi connectivity index (χ3n) is 2.51. The topological polar surface area (TPSA) is 63.4 Å². The first-order chi connectivity index (χ1) is 8.97. The van der Waals surface area contributed by atoms with Crippen molar-refractivity contribution >= 4 is 28.8 Å². The molecule has 0 fully saturated rings. The van der Waals surface area contributed by atoms with Crippen molar-refractivity contribution in [2.24, 2.45) is 0 Å². The number of hydrogen-bond donors (Lipinski definition) is 1. The van der Waals surface area contributed by atoms with Gasteiger partial charge in [0, 0.05) is 15.8 Å². The van der Waals surface area contributed by atoms with Gasteiger partial charge in [0.2, 0.25) is 0 Å². The summed E-state index contributed by atoms with van der Waals surface area (Å²) in [6.07, 6.45) is -0.685. The summed E-state index contributed by atoms with van der Waals surface area (Å²) in [7, 11) is 0. The Morgan fingerprint density at radius 3 is 2.74 bits per heavy atom. The molecule has 2 rings (SSSR count). The fraction of sp³-hybridized carbons (Fsp3) is 0.231. The minimum atomic E-state index is -0.685. The highest BCUT2D eigenvalue weighted by Crippen LogP contribution is 2.43. The first-order valence-corrected chi connectivity index (χ1v) is 7.31. The average molecular weight is 295 g/mol. The Balaban J connectivity index is 2.36. The number of nitrogens with zero attached hydrogens (tertiary/aromatic N) is 1. The summed E-state index contributed by atoms with van der Waals surface area (Å²) < 4.78 is 0.603. The maximum Gasteiger partial charge on any atom is 0.294 e. The highest BCUT2D eigenvalue weighted by Gasteiger charge is 2.21. The van der Waals surface area contributed by atoms with Gasteiger partial charge < -0.3 is 5.11 Å². The van der Waals surface area contributed by atoms with Crippen LogP contribution in [-0.2, 0) is 0 Å². The van der Waals surface area contributed by atoms with Crippen LogP contribution in [0, 0.1) is 17.0 Å². The maximum atomic E-state index is 11.0. The van der Waals surface area contributed by atoms with Crippen LogP contribution in [0.4, 0.5) is 5.69 Å². The van der Waals surface area contributed by atoms with E-state index in [9.17, 15) is 15.2 Å². The van der Waals surface area contributed by atoms with E-state index in [-0.39, 0.29) is 5.69 Å². The van der Waals surface area contributed by atoms with Gasteiger partial charge in [-0.25, -0.2) is 0 Å². The number of aliphatic hydroxyl groups is 1. The first-order valence-electron chi connectivity index (χ1n) is 5.68. The lowest BCUT2D eigenvalue weighted by molar-refractivity contribution is -0.387. The smallest absolute Gasteiger partial charge is 0.294 e. The van der Waals surface area contributed by atoms with E-state index in [4.69, 9.17) is 0 Å². The maximum absolute atomic E-state index is 11.0. The van der Waals surface area contributed by atoms with E-state index < -0.39 is 11.0 Å². The molecule has 1 aromatic carbocycles. The van der Waals surface area contributed by atoms with E-state index in [2.05, 4.69) is 0 Å². The summed E-state index contributed by atoms with van der Waals surface area (Å²) in [5.74, 6) is 0. The predicted molar refractivity (Wildman–Crippen MR) is 76.9 cm³/mol. The molecule has 1 atom stereocenters. The second-order valence-corrected chi connectivity index (χ2v) is 6.60. The number of aliphatic hydroxyl groups excluding tert-OH is 1. The van der Waals surface area contributed by atoms with Gasteiger partial charge in [-0.2, -0.15) is 0 Å². The van der Waals surface area contributed by atoms with Gasteiger partial charge in [0.15, 0.2) is 0 Å². The van der Waals surface area contributed by atoms with Crippen LogP contribution < -0.4 is 0 Å². The molecule has 6 heteroatoms. The lowest BCUT2D eigenvalue weighted by atomic mass is 10.2. The van der Waals surface area contributed by atoms with Crippen molar-refractivity contribution in [3.8, 4) is 0 Å². The molecule has 1 N–H and O–H groups in total. The van der Waals surface area contributed by atoms with Gasteiger partial charge >= 0.3 is 0 Å². The molecule has 0 saturated carbocycles. The zero-order valence-electron chi connectivity index (χ0n) is 10.5. The Kier molecular flexibility index (Phi) is 4.24. The molecule has 0 aliphatic rings. The number of thiophene rings is 1. The molecule has 0 aliphatic heterocycles. The number of aryl methyl sites for hydroxylation is 1. The highest BCUT2D eigenvalue weighted by molar-refractivity contribution is 8.01. The minimum absolute atomic E-state index is 0.0624. The zero-order valence-corrected chi connectivity index (χ0v) is 12.1. The SMILES string of the molecule is Cc1cccc(Sc2sc(C(C)O)cc2[N+](=O)[O-])c1. The molecule has 1 aromatic heterocycles. The second kappa shape index (κ2) is 5.73. The van der Waals surface area contributed by atoms with E-state index in [0.29, 0.717) is 9.09 Å². The van der Waals surface area contributed by atoms with Gasteiger partial charge in [0.1, 0.15) is 4.21 Å². The standard InChI is InChI=1S/C13H13NO3S2/c1-8-4-3-5-10(6-8)18-13-11(14(16)17)7-12(19-13)9(2)15/h3-7,9,15H,1-2H3. The molecule has 1 unspecified atom stereocenters. The third-order valence-corrected chi connectivity index (χ3v) is 4.98. The van der Waals surface area contributed by atoms with Gasteiger partial charge in [0.05, 0.1) is 11.0 Å². The van der Waals surface area contributed by atoms with Crippen LogP contribution in [0.5, 0.6) is 0 Å². The Morgan fingerprint density at radius 1 is 1.42 bits per heavy atom. The van der Waals surface area contributed by atoms with Gasteiger partial charge in [-0.05, 0) is 26.0 Å². The van der Waals surface area contributed by atoms with Crippen molar-refractivity contribution in [1.82, 2.24) is 0 Å². The van der Waals surface area contributed by atoms with Crippen molar-refractivity contribution in [3.05, 3.63) is 50.9 Å². The molecular formula is C13H13NO3S2. The van der Waals surface area contributed by atoms with Crippen LogP contribution in [0.3, 0.4) is 0 Å². The van der Waals surface area contributed by atoms with Crippen LogP contribution >= 0.6 is 23.1 Å². The van der Waals surface area contributed by atoms with Crippen LogP contribution in [0.1, 0.15) is 23.5 Å². The normalized spacial score (nSPS) is 12.4. The Hall–Kier alpha value is -1.37. The summed E-state index contributed by atoms with van der Waals surface area (Å²) in [6.45, 7) is 3.59. The molecule has 0 aliphatic carbocycles. The van der Waals surface area contributed by atoms with Crippen molar-refractivity contribution in [3.63, 3.8) is 0 Å². The molecule has 4 nitrogen and oxygen atoms in total. The van der Waals surface area contributed by atoms with Crippen LogP contribution in [0.15, 0.2) is 39.4 Å². The molecule has 0 saturated heterocycles. The summed E-state index contributed by atoms with van der Waals surface area (Å²) in [5.41, 5.74) is 1.17. The van der Waals surface area contributed by atoms with E-state index in [0.717, 1.165) is 10.5 Å². The van der Waals surface area contributed by atoms with Crippen molar-refractivity contribution in [2.45, 2.75) is 29.1 Å². The summed E-state index contributed by atoms with van der Waals surface area (Å²) >= 11 is 2.63. The van der Waals surface area contributed by atoms with E-state index >= 15 is 0 Å². The van der Waals surface area contributed by atoms with Crippen LogP contribution in [0.2, 0.25) is 0 Å². The fourth-order valence-corrected chi connectivity index (χ4v) is 3.96. The number of nitro groups is 1. The number of rotatable bonds is 4. The van der Waals surface area contributed by atoms with E-state index in [1.54, 1.807) is 6.92 Å². The van der Waals surface area contributed by atoms with Crippen molar-refractivity contribution in [1.29, 1.82) is 0 Å². The first kappa shape index (κ1) is 14.0. The van der Waals surface area contributed by atoms with E-state index in [1.807, 2.05) is 31.2 Å². The molecule has 100 valence electrons. The minimum Gasteiger partial charge on any atom is -0.388 e. The van der Waals surface area contributed by atoms with Gasteiger partial charge in [0.25, 0.3) is 5.69 Å². The lowest BCUT2D eigenvalue weighted by Gasteiger charge is -2.00. The molecule has 0 bridgehead atoms. The molecule has 1 heterocycles. The third kappa shape index (κ3) is 3.34. The molecule has 19 heavy (non-hydrogen) atoms. The fourth-order valence-electron chi connectivity index (χ4n) is 1.57. The Bertz CT molecular complexity index is 608. The second-order valence-electron chi connectivity index (χ2n) is 4.17. The lowest BCUT2D eigenvalue weighted by Crippen LogP contribution is -1.87. The van der Waals surface area contributed by atoms with Crippen molar-refractivity contribution in [2.75, 3.05) is 0 Å². The van der Waals surface area contributed by atoms with Gasteiger partial charge in [-0.15, -0.1) is 11.3 Å². The monoisotopic (exact) mass is 295 g/mol. The Morgan fingerprint density at radius 2 is 2.16 bits per heavy atom. The molecule has 0 spiro atoms. The summed E-state index contributed by atoms with van der Waals surface area (Å²) in [4.78, 5) is 12.2. The molecular weight excluding hydrogens is 282 g/mol. The highest BCUT2D eigenvalue weighted by atomic mass is 32.2. The summed E-state index contributed by atoms with van der Waals surface area (Å²) in [5, 5.41) is 20.6. The number of hydrogen-bond acceptors (Lipinski definition) is 5. The summed E-state index contributed by atoms with van der Waals surface area (Å²) in [6, 6.07) is 9.26. The predicted octanol–water partition coefficient (Wildman–Crippen LogP) is 4.17. The van der Waals surface area contributed by atoms with Crippen LogP contribution in [-0.4, -0.2) is 10.0 Å². The molecule has 0 radical (unpaired) electrons. The van der Waals surface area contributed by atoms with Crippen molar-refractivity contribution < 1.29 is 10.0 Å². The largest absolute Gasteiger partial charge is 0.388 e. The average Bonchev–Trinajstić information content (AvgIpc) is 2.73. The molecule has 2 aromatic rings.